The molecule has 1 atom stereocenters. The molecule has 0 fully saturated rings. The number of nitrogens with zero attached hydrogens (tertiary/aromatic N) is 1. The molecule has 1 unspecified atom stereocenters. The van der Waals surface area contributed by atoms with E-state index in [4.69, 9.17) is 4.74 Å². The fourth-order valence-corrected chi connectivity index (χ4v) is 5.64. The zero-order chi connectivity index (χ0) is 24.8. The number of hydrogen-bond acceptors (Lipinski definition) is 6. The van der Waals surface area contributed by atoms with Gasteiger partial charge in [0.05, 0.1) is 17.3 Å². The van der Waals surface area contributed by atoms with Crippen LogP contribution >= 0.6 is 23.1 Å². The molecule has 9 heteroatoms. The number of fused-ring (bicyclic) bond motifs is 1. The Kier molecular flexibility index (Phi) is 7.99. The van der Waals surface area contributed by atoms with Crippen molar-refractivity contribution in [3.05, 3.63) is 83.7 Å². The first-order chi connectivity index (χ1) is 16.9. The number of rotatable bonds is 9. The Morgan fingerprint density at radius 1 is 1.11 bits per heavy atom. The van der Waals surface area contributed by atoms with Gasteiger partial charge < -0.3 is 15.4 Å². The summed E-state index contributed by atoms with van der Waals surface area (Å²) < 4.78 is 20.5. The van der Waals surface area contributed by atoms with Crippen molar-refractivity contribution >= 4 is 50.8 Å². The first-order valence-corrected chi connectivity index (χ1v) is 12.7. The van der Waals surface area contributed by atoms with Gasteiger partial charge in [-0.25, -0.2) is 9.37 Å². The van der Waals surface area contributed by atoms with E-state index < -0.39 is 6.04 Å². The SMILES string of the molecule is COc1ccccc1CSc1nc2ccc(NC(=O)C(Cc3ccc(F)cc3)NC(C)=O)cc2s1. The maximum atomic E-state index is 13.2. The predicted molar refractivity (Wildman–Crippen MR) is 139 cm³/mol. The van der Waals surface area contributed by atoms with Gasteiger partial charge in [-0.05, 0) is 42.0 Å². The maximum Gasteiger partial charge on any atom is 0.247 e. The van der Waals surface area contributed by atoms with Crippen LogP contribution in [0, 0.1) is 5.82 Å². The minimum absolute atomic E-state index is 0.248. The lowest BCUT2D eigenvalue weighted by atomic mass is 10.0. The third kappa shape index (κ3) is 6.58. The molecule has 1 heterocycles. The molecule has 2 amide bonds. The number of para-hydroxylation sites is 1. The quantitative estimate of drug-likeness (QED) is 0.295. The van der Waals surface area contributed by atoms with E-state index >= 15 is 0 Å². The molecular formula is C26H24FN3O3S2. The third-order valence-electron chi connectivity index (χ3n) is 5.23. The van der Waals surface area contributed by atoms with Gasteiger partial charge in [0, 0.05) is 30.3 Å². The molecule has 4 aromatic rings. The fraction of sp³-hybridized carbons (Fsp3) is 0.192. The van der Waals surface area contributed by atoms with Crippen LogP contribution in [-0.4, -0.2) is 29.9 Å². The molecule has 0 aliphatic heterocycles. The lowest BCUT2D eigenvalue weighted by molar-refractivity contribution is -0.125. The van der Waals surface area contributed by atoms with Gasteiger partial charge in [-0.15, -0.1) is 11.3 Å². The van der Waals surface area contributed by atoms with Crippen LogP contribution in [0.1, 0.15) is 18.1 Å². The Labute approximate surface area is 210 Å². The summed E-state index contributed by atoms with van der Waals surface area (Å²) in [6.45, 7) is 1.36. The highest BCUT2D eigenvalue weighted by Gasteiger charge is 2.20. The standard InChI is InChI=1S/C26H24FN3O3S2/c1-16(31)28-22(13-17-7-9-19(27)10-8-17)25(32)29-20-11-12-21-24(14-20)35-26(30-21)34-15-18-5-3-4-6-23(18)33-2/h3-12,14,22H,13,15H2,1-2H3,(H,28,31)(H,29,32). The van der Waals surface area contributed by atoms with Gasteiger partial charge in [0.1, 0.15) is 17.6 Å². The van der Waals surface area contributed by atoms with Crippen LogP contribution in [0.2, 0.25) is 0 Å². The van der Waals surface area contributed by atoms with Crippen molar-refractivity contribution in [2.24, 2.45) is 0 Å². The molecular weight excluding hydrogens is 485 g/mol. The topological polar surface area (TPSA) is 80.3 Å². The van der Waals surface area contributed by atoms with Gasteiger partial charge in [-0.2, -0.15) is 0 Å². The molecule has 4 rings (SSSR count). The van der Waals surface area contributed by atoms with Gasteiger partial charge in [-0.3, -0.25) is 9.59 Å². The normalized spacial score (nSPS) is 11.7. The molecule has 0 radical (unpaired) electrons. The average molecular weight is 510 g/mol. The highest BCUT2D eigenvalue weighted by Crippen LogP contribution is 2.34. The summed E-state index contributed by atoms with van der Waals surface area (Å²) in [6.07, 6.45) is 0.248. The highest BCUT2D eigenvalue weighted by molar-refractivity contribution is 8.00. The summed E-state index contributed by atoms with van der Waals surface area (Å²) in [6, 6.07) is 18.5. The van der Waals surface area contributed by atoms with Gasteiger partial charge >= 0.3 is 0 Å². The van der Waals surface area contributed by atoms with Gasteiger partial charge in [0.15, 0.2) is 4.34 Å². The molecule has 0 aliphatic rings. The monoisotopic (exact) mass is 509 g/mol. The van der Waals surface area contributed by atoms with E-state index in [9.17, 15) is 14.0 Å². The van der Waals surface area contributed by atoms with Crippen molar-refractivity contribution in [1.29, 1.82) is 0 Å². The number of hydrogen-bond donors (Lipinski definition) is 2. The van der Waals surface area contributed by atoms with Crippen LogP contribution in [0.4, 0.5) is 10.1 Å². The number of carbonyl (C=O) groups is 2. The number of nitrogens with one attached hydrogen (secondary N) is 2. The predicted octanol–water partition coefficient (Wildman–Crippen LogP) is 5.42. The van der Waals surface area contributed by atoms with E-state index in [2.05, 4.69) is 15.6 Å². The van der Waals surface area contributed by atoms with E-state index in [1.54, 1.807) is 48.4 Å². The fourth-order valence-electron chi connectivity index (χ4n) is 3.54. The van der Waals surface area contributed by atoms with E-state index in [-0.39, 0.29) is 24.1 Å². The van der Waals surface area contributed by atoms with E-state index in [0.717, 1.165) is 37.2 Å². The second-order valence-corrected chi connectivity index (χ2v) is 10.1. The Morgan fingerprint density at radius 2 is 1.89 bits per heavy atom. The molecule has 0 saturated heterocycles. The Balaban J connectivity index is 1.45. The van der Waals surface area contributed by atoms with Crippen LogP contribution in [0.15, 0.2) is 71.1 Å². The van der Waals surface area contributed by atoms with Crippen molar-refractivity contribution < 1.29 is 18.7 Å². The number of halogens is 1. The molecule has 0 spiro atoms. The molecule has 0 aliphatic carbocycles. The lowest BCUT2D eigenvalue weighted by Crippen LogP contribution is -2.44. The van der Waals surface area contributed by atoms with Gasteiger partial charge in [-0.1, -0.05) is 42.1 Å². The van der Waals surface area contributed by atoms with Crippen molar-refractivity contribution in [3.63, 3.8) is 0 Å². The number of benzene rings is 3. The minimum Gasteiger partial charge on any atom is -0.496 e. The molecule has 0 saturated carbocycles. The number of aromatic nitrogens is 1. The molecule has 0 bridgehead atoms. The van der Waals surface area contributed by atoms with Crippen LogP contribution in [0.3, 0.4) is 0 Å². The highest BCUT2D eigenvalue weighted by atomic mass is 32.2. The Hall–Kier alpha value is -3.43. The molecule has 3 aromatic carbocycles. The average Bonchev–Trinajstić information content (AvgIpc) is 3.25. The zero-order valence-electron chi connectivity index (χ0n) is 19.2. The smallest absolute Gasteiger partial charge is 0.247 e. The first kappa shape index (κ1) is 24.7. The number of ether oxygens (including phenoxy) is 1. The van der Waals surface area contributed by atoms with Crippen molar-refractivity contribution in [1.82, 2.24) is 10.3 Å². The second kappa shape index (κ2) is 11.3. The summed E-state index contributed by atoms with van der Waals surface area (Å²) in [5.41, 5.74) is 3.30. The minimum atomic E-state index is -0.790. The van der Waals surface area contributed by atoms with Crippen LogP contribution < -0.4 is 15.4 Å². The number of thioether (sulfide) groups is 1. The summed E-state index contributed by atoms with van der Waals surface area (Å²) in [5.74, 6) is 0.559. The van der Waals surface area contributed by atoms with Crippen molar-refractivity contribution in [3.8, 4) is 5.75 Å². The largest absolute Gasteiger partial charge is 0.496 e. The van der Waals surface area contributed by atoms with E-state index in [1.165, 1.54) is 19.1 Å². The lowest BCUT2D eigenvalue weighted by Gasteiger charge is -2.18. The molecule has 35 heavy (non-hydrogen) atoms. The second-order valence-electron chi connectivity index (χ2n) is 7.84. The number of carbonyl (C=O) groups excluding carboxylic acids is 2. The number of amides is 2. The Morgan fingerprint density at radius 3 is 2.63 bits per heavy atom. The summed E-state index contributed by atoms with van der Waals surface area (Å²) in [5, 5.41) is 5.56. The van der Waals surface area contributed by atoms with Crippen molar-refractivity contribution in [2.75, 3.05) is 12.4 Å². The summed E-state index contributed by atoms with van der Waals surface area (Å²) in [7, 11) is 1.66. The van der Waals surface area contributed by atoms with E-state index in [1.807, 2.05) is 36.4 Å². The third-order valence-corrected chi connectivity index (χ3v) is 7.44. The zero-order valence-corrected chi connectivity index (χ0v) is 20.8. The maximum absolute atomic E-state index is 13.2. The van der Waals surface area contributed by atoms with Crippen LogP contribution in [0.25, 0.3) is 10.2 Å². The molecule has 6 nitrogen and oxygen atoms in total. The first-order valence-electron chi connectivity index (χ1n) is 10.9. The Bertz CT molecular complexity index is 1340. The van der Waals surface area contributed by atoms with Gasteiger partial charge in [0.2, 0.25) is 11.8 Å². The number of methoxy groups -OCH3 is 1. The summed E-state index contributed by atoms with van der Waals surface area (Å²) >= 11 is 3.18. The van der Waals surface area contributed by atoms with Crippen LogP contribution in [-0.2, 0) is 21.8 Å². The van der Waals surface area contributed by atoms with Crippen molar-refractivity contribution in [2.45, 2.75) is 29.5 Å². The van der Waals surface area contributed by atoms with Crippen LogP contribution in [0.5, 0.6) is 5.75 Å². The van der Waals surface area contributed by atoms with Gasteiger partial charge in [0.25, 0.3) is 0 Å². The number of thiazole rings is 1. The molecule has 1 aromatic heterocycles. The molecule has 2 N–H and O–H groups in total. The van der Waals surface area contributed by atoms with E-state index in [0.29, 0.717) is 5.69 Å². The molecule has 180 valence electrons. The summed E-state index contributed by atoms with van der Waals surface area (Å²) in [4.78, 5) is 29.3. The number of anilines is 1.